The topological polar surface area (TPSA) is 72.9 Å². The number of anilines is 1. The van der Waals surface area contributed by atoms with Gasteiger partial charge in [-0.3, -0.25) is 4.79 Å². The van der Waals surface area contributed by atoms with Crippen molar-refractivity contribution in [2.24, 2.45) is 5.92 Å². The second kappa shape index (κ2) is 4.02. The van der Waals surface area contributed by atoms with Gasteiger partial charge in [-0.2, -0.15) is 5.10 Å². The molecule has 0 radical (unpaired) electrons. The van der Waals surface area contributed by atoms with E-state index in [2.05, 4.69) is 10.4 Å². The Morgan fingerprint density at radius 2 is 2.53 bits per heavy atom. The van der Waals surface area contributed by atoms with E-state index in [0.29, 0.717) is 5.69 Å². The van der Waals surface area contributed by atoms with E-state index in [-0.39, 0.29) is 11.8 Å². The highest BCUT2D eigenvalue weighted by Gasteiger charge is 2.24. The Labute approximate surface area is 88.6 Å². The van der Waals surface area contributed by atoms with Gasteiger partial charge in [-0.15, -0.1) is 0 Å². The van der Waals surface area contributed by atoms with Crippen molar-refractivity contribution in [3.63, 3.8) is 0 Å². The Morgan fingerprint density at radius 3 is 3.07 bits per heavy atom. The first-order chi connectivity index (χ1) is 7.20. The molecule has 2 rings (SSSR count). The van der Waals surface area contributed by atoms with Crippen LogP contribution in [0.1, 0.15) is 23.3 Å². The minimum absolute atomic E-state index is 0.0387. The number of hydrogen-bond donors (Lipinski definition) is 2. The van der Waals surface area contributed by atoms with Crippen molar-refractivity contribution in [3.05, 3.63) is 11.9 Å². The summed E-state index contributed by atoms with van der Waals surface area (Å²) in [4.78, 5) is 12.0. The van der Waals surface area contributed by atoms with E-state index < -0.39 is 0 Å². The van der Waals surface area contributed by atoms with Crippen LogP contribution in [0.15, 0.2) is 6.20 Å². The zero-order valence-corrected chi connectivity index (χ0v) is 8.86. The fraction of sp³-hybridized carbons (Fsp3) is 0.600. The zero-order chi connectivity index (χ0) is 10.8. The molecule has 1 aliphatic rings. The van der Waals surface area contributed by atoms with Crippen molar-refractivity contribution < 1.29 is 4.79 Å². The molecule has 0 bridgehead atoms. The molecule has 1 aromatic rings. The van der Waals surface area contributed by atoms with Gasteiger partial charge in [0.25, 0.3) is 5.91 Å². The van der Waals surface area contributed by atoms with E-state index in [0.717, 1.165) is 31.6 Å². The van der Waals surface area contributed by atoms with Gasteiger partial charge < -0.3 is 11.1 Å². The maximum atomic E-state index is 12.0. The Morgan fingerprint density at radius 1 is 1.73 bits per heavy atom. The Kier molecular flexibility index (Phi) is 2.73. The average Bonchev–Trinajstić information content (AvgIpc) is 2.60. The normalized spacial score (nSPS) is 21.5. The van der Waals surface area contributed by atoms with Crippen LogP contribution in [0, 0.1) is 12.8 Å². The first-order valence-corrected chi connectivity index (χ1v) is 5.25. The molecule has 2 heterocycles. The van der Waals surface area contributed by atoms with Crippen LogP contribution in [0.2, 0.25) is 0 Å². The highest BCUT2D eigenvalue weighted by molar-refractivity contribution is 5.82. The van der Waals surface area contributed by atoms with Gasteiger partial charge in [-0.05, 0) is 26.3 Å². The van der Waals surface area contributed by atoms with Crippen LogP contribution in [0.4, 0.5) is 5.69 Å². The summed E-state index contributed by atoms with van der Waals surface area (Å²) in [5, 5.41) is 7.22. The van der Waals surface area contributed by atoms with Crippen LogP contribution in [0.3, 0.4) is 0 Å². The second-order valence-corrected chi connectivity index (χ2v) is 3.98. The van der Waals surface area contributed by atoms with E-state index in [1.165, 1.54) is 10.9 Å². The number of rotatable bonds is 1. The lowest BCUT2D eigenvalue weighted by molar-refractivity contribution is 0.0793. The smallest absolute Gasteiger partial charge is 0.251 e. The highest BCUT2D eigenvalue weighted by Crippen LogP contribution is 2.15. The van der Waals surface area contributed by atoms with Gasteiger partial charge in [-0.25, -0.2) is 4.68 Å². The monoisotopic (exact) mass is 208 g/mol. The molecule has 0 aromatic carbocycles. The number of carbonyl (C=O) groups excluding carboxylic acids is 1. The lowest BCUT2D eigenvalue weighted by Gasteiger charge is -2.21. The third kappa shape index (κ3) is 1.87. The molecule has 1 fully saturated rings. The number of aromatic nitrogens is 2. The van der Waals surface area contributed by atoms with Crippen LogP contribution in [-0.4, -0.2) is 28.8 Å². The van der Waals surface area contributed by atoms with E-state index in [1.54, 1.807) is 0 Å². The molecule has 1 aliphatic heterocycles. The summed E-state index contributed by atoms with van der Waals surface area (Å²) < 4.78 is 1.42. The van der Waals surface area contributed by atoms with Crippen molar-refractivity contribution >= 4 is 11.6 Å². The molecule has 3 N–H and O–H groups in total. The molecule has 1 aromatic heterocycles. The molecule has 5 heteroatoms. The van der Waals surface area contributed by atoms with E-state index in [4.69, 9.17) is 5.73 Å². The average molecular weight is 208 g/mol. The number of nitrogens with one attached hydrogen (secondary N) is 1. The van der Waals surface area contributed by atoms with Gasteiger partial charge in [-0.1, -0.05) is 0 Å². The molecule has 5 nitrogen and oxygen atoms in total. The first-order valence-electron chi connectivity index (χ1n) is 5.25. The molecule has 1 atom stereocenters. The largest absolute Gasteiger partial charge is 0.396 e. The van der Waals surface area contributed by atoms with Gasteiger partial charge in [0.2, 0.25) is 0 Å². The second-order valence-electron chi connectivity index (χ2n) is 3.98. The number of carbonyl (C=O) groups is 1. The minimum atomic E-state index is 0.0387. The van der Waals surface area contributed by atoms with E-state index >= 15 is 0 Å². The predicted molar refractivity (Wildman–Crippen MR) is 57.6 cm³/mol. The number of piperidine rings is 1. The first kappa shape index (κ1) is 10.2. The van der Waals surface area contributed by atoms with Crippen LogP contribution < -0.4 is 11.1 Å². The van der Waals surface area contributed by atoms with Crippen molar-refractivity contribution in [1.29, 1.82) is 0 Å². The van der Waals surface area contributed by atoms with Gasteiger partial charge >= 0.3 is 0 Å². The van der Waals surface area contributed by atoms with Crippen molar-refractivity contribution in [3.8, 4) is 0 Å². The van der Waals surface area contributed by atoms with E-state index in [9.17, 15) is 4.79 Å². The van der Waals surface area contributed by atoms with Crippen molar-refractivity contribution in [2.45, 2.75) is 19.8 Å². The molecular weight excluding hydrogens is 192 g/mol. The summed E-state index contributed by atoms with van der Waals surface area (Å²) in [5.74, 6) is 0.0909. The minimum Gasteiger partial charge on any atom is -0.396 e. The lowest BCUT2D eigenvalue weighted by atomic mass is 9.99. The number of nitrogens with zero attached hydrogens (tertiary/aromatic N) is 2. The van der Waals surface area contributed by atoms with Gasteiger partial charge in [0.15, 0.2) is 0 Å². The van der Waals surface area contributed by atoms with Crippen molar-refractivity contribution in [1.82, 2.24) is 15.1 Å². The molecule has 82 valence electrons. The molecular formula is C10H16N4O. The molecule has 0 saturated carbocycles. The van der Waals surface area contributed by atoms with Crippen LogP contribution in [0.25, 0.3) is 0 Å². The fourth-order valence-electron chi connectivity index (χ4n) is 1.88. The molecule has 0 spiro atoms. The van der Waals surface area contributed by atoms with Crippen molar-refractivity contribution in [2.75, 3.05) is 18.8 Å². The summed E-state index contributed by atoms with van der Waals surface area (Å²) in [5.41, 5.74) is 6.97. The summed E-state index contributed by atoms with van der Waals surface area (Å²) in [6, 6.07) is 0. The van der Waals surface area contributed by atoms with Crippen LogP contribution in [0.5, 0.6) is 0 Å². The molecule has 1 unspecified atom stereocenters. The quantitative estimate of drug-likeness (QED) is 0.701. The van der Waals surface area contributed by atoms with Gasteiger partial charge in [0, 0.05) is 6.54 Å². The highest BCUT2D eigenvalue weighted by atomic mass is 16.2. The Bertz CT molecular complexity index is 365. The third-order valence-electron chi connectivity index (χ3n) is 2.90. The maximum Gasteiger partial charge on any atom is 0.251 e. The lowest BCUT2D eigenvalue weighted by Crippen LogP contribution is -2.37. The Hall–Kier alpha value is -1.36. The third-order valence-corrected chi connectivity index (χ3v) is 2.90. The fourth-order valence-corrected chi connectivity index (χ4v) is 1.88. The number of nitrogen functional groups attached to an aromatic ring is 1. The molecule has 15 heavy (non-hydrogen) atoms. The SMILES string of the molecule is Cc1c(N)cnn1C(=O)C1CCCNC1. The summed E-state index contributed by atoms with van der Waals surface area (Å²) in [7, 11) is 0. The zero-order valence-electron chi connectivity index (χ0n) is 8.86. The van der Waals surface area contributed by atoms with Crippen LogP contribution >= 0.6 is 0 Å². The number of hydrogen-bond acceptors (Lipinski definition) is 4. The Balaban J connectivity index is 2.16. The molecule has 1 saturated heterocycles. The van der Waals surface area contributed by atoms with E-state index in [1.807, 2.05) is 6.92 Å². The summed E-state index contributed by atoms with van der Waals surface area (Å²) >= 11 is 0. The summed E-state index contributed by atoms with van der Waals surface area (Å²) in [6.07, 6.45) is 3.51. The number of nitrogens with two attached hydrogens (primary N) is 1. The molecule has 0 amide bonds. The maximum absolute atomic E-state index is 12.0. The predicted octanol–water partition coefficient (Wildman–Crippen LogP) is 0.414. The van der Waals surface area contributed by atoms with Gasteiger partial charge in [0.1, 0.15) is 0 Å². The standard InChI is InChI=1S/C10H16N4O/c1-7-9(11)6-13-14(7)10(15)8-3-2-4-12-5-8/h6,8,12H,2-5,11H2,1H3. The van der Waals surface area contributed by atoms with Gasteiger partial charge in [0.05, 0.1) is 23.5 Å². The van der Waals surface area contributed by atoms with Crippen LogP contribution in [-0.2, 0) is 0 Å². The molecule has 0 aliphatic carbocycles. The summed E-state index contributed by atoms with van der Waals surface area (Å²) in [6.45, 7) is 3.57.